The highest BCUT2D eigenvalue weighted by atomic mass is 35.5. The van der Waals surface area contributed by atoms with E-state index in [-0.39, 0.29) is 0 Å². The molecule has 2 aliphatic carbocycles. The van der Waals surface area contributed by atoms with Crippen LogP contribution in [0.3, 0.4) is 0 Å². The van der Waals surface area contributed by atoms with E-state index in [0.717, 1.165) is 40.0 Å². The molecule has 0 bridgehead atoms. The van der Waals surface area contributed by atoms with E-state index in [9.17, 15) is 0 Å². The maximum Gasteiger partial charge on any atom is 0.126 e. The second-order valence-electron chi connectivity index (χ2n) is 9.90. The van der Waals surface area contributed by atoms with Crippen LogP contribution < -0.4 is 10.6 Å². The Morgan fingerprint density at radius 2 is 1.48 bits per heavy atom. The molecule has 3 nitrogen and oxygen atoms in total. The van der Waals surface area contributed by atoms with Crippen LogP contribution in [0.25, 0.3) is 22.3 Å². The van der Waals surface area contributed by atoms with Crippen molar-refractivity contribution in [3.8, 4) is 22.3 Å². The Labute approximate surface area is 203 Å². The summed E-state index contributed by atoms with van der Waals surface area (Å²) in [7, 11) is 0. The predicted molar refractivity (Wildman–Crippen MR) is 141 cm³/mol. The summed E-state index contributed by atoms with van der Waals surface area (Å²) >= 11 is 7.00. The Kier molecular flexibility index (Phi) is 6.34. The van der Waals surface area contributed by atoms with E-state index in [4.69, 9.17) is 16.6 Å². The van der Waals surface area contributed by atoms with Gasteiger partial charge in [0, 0.05) is 35.6 Å². The smallest absolute Gasteiger partial charge is 0.126 e. The number of hydrogen-bond donors (Lipinski definition) is 2. The van der Waals surface area contributed by atoms with Crippen molar-refractivity contribution in [2.24, 2.45) is 5.92 Å². The van der Waals surface area contributed by atoms with E-state index < -0.39 is 0 Å². The molecule has 2 saturated carbocycles. The van der Waals surface area contributed by atoms with Gasteiger partial charge in [-0.25, -0.2) is 4.98 Å². The van der Waals surface area contributed by atoms with Crippen molar-refractivity contribution >= 4 is 23.1 Å². The minimum absolute atomic E-state index is 0.563. The first-order valence-corrected chi connectivity index (χ1v) is 12.8. The third-order valence-corrected chi connectivity index (χ3v) is 7.93. The zero-order valence-corrected chi connectivity index (χ0v) is 20.7. The summed E-state index contributed by atoms with van der Waals surface area (Å²) in [6.45, 7) is 7.60. The molecule has 2 N–H and O–H groups in total. The largest absolute Gasteiger partial charge is 0.385 e. The molecule has 0 unspecified atom stereocenters. The van der Waals surface area contributed by atoms with Crippen molar-refractivity contribution in [1.29, 1.82) is 0 Å². The fourth-order valence-electron chi connectivity index (χ4n) is 5.14. The van der Waals surface area contributed by atoms with E-state index >= 15 is 0 Å². The lowest BCUT2D eigenvalue weighted by Crippen LogP contribution is -2.15. The fraction of sp³-hybridized carbons (Fsp3) is 0.414. The number of halogens is 1. The fourth-order valence-corrected chi connectivity index (χ4v) is 5.49. The zero-order valence-electron chi connectivity index (χ0n) is 20.0. The van der Waals surface area contributed by atoms with Crippen LogP contribution in [0.5, 0.6) is 0 Å². The number of aromatic nitrogens is 1. The molecule has 0 saturated heterocycles. The number of pyridine rings is 1. The van der Waals surface area contributed by atoms with Gasteiger partial charge in [0.05, 0.1) is 5.02 Å². The summed E-state index contributed by atoms with van der Waals surface area (Å²) < 4.78 is 0. The summed E-state index contributed by atoms with van der Waals surface area (Å²) in [6.07, 6.45) is 9.80. The molecule has 5 rings (SSSR count). The average Bonchev–Trinajstić information content (AvgIpc) is 3.52. The van der Waals surface area contributed by atoms with Crippen LogP contribution in [0.4, 0.5) is 11.5 Å². The van der Waals surface area contributed by atoms with Gasteiger partial charge in [-0.2, -0.15) is 0 Å². The van der Waals surface area contributed by atoms with E-state index in [1.165, 1.54) is 66.5 Å². The van der Waals surface area contributed by atoms with Crippen LogP contribution in [0, 0.1) is 26.7 Å². The Hall–Kier alpha value is -2.52. The Morgan fingerprint density at radius 3 is 2.12 bits per heavy atom. The molecule has 172 valence electrons. The van der Waals surface area contributed by atoms with Crippen LogP contribution in [0.2, 0.25) is 5.02 Å². The molecule has 33 heavy (non-hydrogen) atoms. The SMILES string of the molecule is Cc1c(C)c(-c2ccc(NC3CCCC3)nc2)c(Cl)c(C)c1-c1ccc(NCC2CC2)cc1. The maximum absolute atomic E-state index is 7.00. The third-order valence-electron chi connectivity index (χ3n) is 7.46. The van der Waals surface area contributed by atoms with E-state index in [1.807, 2.05) is 6.20 Å². The number of rotatable bonds is 7. The molecule has 4 heteroatoms. The van der Waals surface area contributed by atoms with Crippen molar-refractivity contribution in [2.45, 2.75) is 65.3 Å². The van der Waals surface area contributed by atoms with Crippen LogP contribution in [0.15, 0.2) is 42.6 Å². The second kappa shape index (κ2) is 9.38. The molecule has 2 aromatic carbocycles. The summed E-state index contributed by atoms with van der Waals surface area (Å²) in [4.78, 5) is 4.71. The molecule has 0 amide bonds. The molecule has 0 aliphatic heterocycles. The van der Waals surface area contributed by atoms with Crippen LogP contribution in [-0.4, -0.2) is 17.6 Å². The van der Waals surface area contributed by atoms with Gasteiger partial charge in [-0.15, -0.1) is 0 Å². The van der Waals surface area contributed by atoms with Gasteiger partial charge < -0.3 is 10.6 Å². The lowest BCUT2D eigenvalue weighted by Gasteiger charge is -2.20. The lowest BCUT2D eigenvalue weighted by molar-refractivity contribution is 0.750. The van der Waals surface area contributed by atoms with Gasteiger partial charge in [0.15, 0.2) is 0 Å². The monoisotopic (exact) mass is 459 g/mol. The molecule has 2 fully saturated rings. The van der Waals surface area contributed by atoms with E-state index in [0.29, 0.717) is 6.04 Å². The standard InChI is InChI=1S/C29H34ClN3/c1-18-19(2)28(23-12-15-26(32-17-23)33-25-6-4-5-7-25)29(30)20(3)27(18)22-10-13-24(14-11-22)31-16-21-8-9-21/h10-15,17,21,25,31H,4-9,16H2,1-3H3,(H,32,33). The molecular formula is C29H34ClN3. The quantitative estimate of drug-likeness (QED) is 0.374. The van der Waals surface area contributed by atoms with Gasteiger partial charge in [0.1, 0.15) is 5.82 Å². The first-order valence-electron chi connectivity index (χ1n) is 12.4. The van der Waals surface area contributed by atoms with Crippen molar-refractivity contribution < 1.29 is 0 Å². The van der Waals surface area contributed by atoms with Crippen molar-refractivity contribution in [1.82, 2.24) is 4.98 Å². The molecule has 1 aromatic heterocycles. The minimum Gasteiger partial charge on any atom is -0.385 e. The highest BCUT2D eigenvalue weighted by Crippen LogP contribution is 2.42. The zero-order chi connectivity index (χ0) is 22.9. The molecule has 0 radical (unpaired) electrons. The first kappa shape index (κ1) is 22.3. The maximum atomic E-state index is 7.00. The third kappa shape index (κ3) is 4.75. The number of benzene rings is 2. The number of anilines is 2. The number of hydrogen-bond acceptors (Lipinski definition) is 3. The van der Waals surface area contributed by atoms with Crippen LogP contribution in [-0.2, 0) is 0 Å². The van der Waals surface area contributed by atoms with Gasteiger partial charge >= 0.3 is 0 Å². The first-order chi connectivity index (χ1) is 16.0. The molecule has 3 aromatic rings. The van der Waals surface area contributed by atoms with Crippen molar-refractivity contribution in [2.75, 3.05) is 17.2 Å². The summed E-state index contributed by atoms with van der Waals surface area (Å²) in [5, 5.41) is 7.95. The number of nitrogens with zero attached hydrogens (tertiary/aromatic N) is 1. The van der Waals surface area contributed by atoms with Gasteiger partial charge in [0.25, 0.3) is 0 Å². The molecule has 0 spiro atoms. The van der Waals surface area contributed by atoms with E-state index in [2.05, 4.69) is 67.8 Å². The Morgan fingerprint density at radius 1 is 0.818 bits per heavy atom. The van der Waals surface area contributed by atoms with Crippen LogP contribution >= 0.6 is 11.6 Å². The lowest BCUT2D eigenvalue weighted by atomic mass is 9.87. The topological polar surface area (TPSA) is 37.0 Å². The van der Waals surface area contributed by atoms with Gasteiger partial charge in [-0.3, -0.25) is 0 Å². The normalized spacial score (nSPS) is 16.2. The summed E-state index contributed by atoms with van der Waals surface area (Å²) in [6, 6.07) is 13.6. The van der Waals surface area contributed by atoms with Gasteiger partial charge in [-0.05, 0) is 104 Å². The van der Waals surface area contributed by atoms with Crippen LogP contribution in [0.1, 0.15) is 55.2 Å². The Balaban J connectivity index is 1.42. The van der Waals surface area contributed by atoms with Gasteiger partial charge in [0.2, 0.25) is 0 Å². The van der Waals surface area contributed by atoms with Crippen molar-refractivity contribution in [3.05, 3.63) is 64.3 Å². The number of nitrogens with one attached hydrogen (secondary N) is 2. The second-order valence-corrected chi connectivity index (χ2v) is 10.3. The predicted octanol–water partition coefficient (Wildman–Crippen LogP) is 8.17. The molecule has 1 heterocycles. The minimum atomic E-state index is 0.563. The van der Waals surface area contributed by atoms with Gasteiger partial charge in [-0.1, -0.05) is 36.6 Å². The summed E-state index contributed by atoms with van der Waals surface area (Å²) in [5.41, 5.74) is 9.44. The van der Waals surface area contributed by atoms with Crippen molar-refractivity contribution in [3.63, 3.8) is 0 Å². The average molecular weight is 460 g/mol. The Bertz CT molecular complexity index is 1100. The molecule has 2 aliphatic rings. The summed E-state index contributed by atoms with van der Waals surface area (Å²) in [5.74, 6) is 1.82. The molecule has 0 atom stereocenters. The highest BCUT2D eigenvalue weighted by molar-refractivity contribution is 6.35. The molecular weight excluding hydrogens is 426 g/mol. The highest BCUT2D eigenvalue weighted by Gasteiger charge is 2.21. The van der Waals surface area contributed by atoms with E-state index in [1.54, 1.807) is 0 Å².